The standard InChI is InChI=1S/C17H22N2O2/c1-3-17(4-2)16(21)19(11-15(20)18-17)14-10-13(14)12-8-6-5-7-9-12/h5-9,13-14H,3-4,10-11H2,1-2H3,(H,18,20). The van der Waals surface area contributed by atoms with Crippen LogP contribution in [0.25, 0.3) is 0 Å². The monoisotopic (exact) mass is 286 g/mol. The Morgan fingerprint density at radius 3 is 2.48 bits per heavy atom. The highest BCUT2D eigenvalue weighted by molar-refractivity contribution is 5.98. The van der Waals surface area contributed by atoms with Gasteiger partial charge in [-0.15, -0.1) is 0 Å². The van der Waals surface area contributed by atoms with Crippen LogP contribution < -0.4 is 5.32 Å². The molecule has 2 unspecified atom stereocenters. The van der Waals surface area contributed by atoms with Crippen molar-refractivity contribution in [3.8, 4) is 0 Å². The van der Waals surface area contributed by atoms with E-state index in [9.17, 15) is 9.59 Å². The SMILES string of the molecule is CCC1(CC)NC(=O)CN(C2CC2c2ccccc2)C1=O. The normalized spacial score (nSPS) is 27.4. The van der Waals surface area contributed by atoms with E-state index in [2.05, 4.69) is 17.4 Å². The van der Waals surface area contributed by atoms with Gasteiger partial charge in [0.2, 0.25) is 11.8 Å². The van der Waals surface area contributed by atoms with Gasteiger partial charge in [0.1, 0.15) is 5.54 Å². The van der Waals surface area contributed by atoms with E-state index in [1.54, 1.807) is 0 Å². The van der Waals surface area contributed by atoms with E-state index in [1.807, 2.05) is 36.9 Å². The molecule has 0 bridgehead atoms. The molecule has 1 aliphatic heterocycles. The zero-order valence-electron chi connectivity index (χ0n) is 12.6. The maximum absolute atomic E-state index is 12.8. The number of hydrogen-bond acceptors (Lipinski definition) is 2. The van der Waals surface area contributed by atoms with Gasteiger partial charge in [0.15, 0.2) is 0 Å². The molecule has 21 heavy (non-hydrogen) atoms. The number of rotatable bonds is 4. The molecule has 1 aliphatic carbocycles. The lowest BCUT2D eigenvalue weighted by Crippen LogP contribution is -2.66. The first-order valence-corrected chi connectivity index (χ1v) is 7.78. The zero-order chi connectivity index (χ0) is 15.0. The van der Waals surface area contributed by atoms with Gasteiger partial charge in [0, 0.05) is 12.0 Å². The average molecular weight is 286 g/mol. The van der Waals surface area contributed by atoms with Gasteiger partial charge >= 0.3 is 0 Å². The molecular weight excluding hydrogens is 264 g/mol. The lowest BCUT2D eigenvalue weighted by molar-refractivity contribution is -0.151. The summed E-state index contributed by atoms with van der Waals surface area (Å²) in [6, 6.07) is 10.4. The molecule has 1 aromatic rings. The summed E-state index contributed by atoms with van der Waals surface area (Å²) in [6.45, 7) is 4.13. The Kier molecular flexibility index (Phi) is 3.47. The predicted molar refractivity (Wildman–Crippen MR) is 80.8 cm³/mol. The third-order valence-corrected chi connectivity index (χ3v) is 4.95. The van der Waals surface area contributed by atoms with E-state index in [0.717, 1.165) is 6.42 Å². The van der Waals surface area contributed by atoms with E-state index in [0.29, 0.717) is 18.8 Å². The lowest BCUT2D eigenvalue weighted by atomic mass is 9.88. The Hall–Kier alpha value is -1.84. The van der Waals surface area contributed by atoms with Crippen molar-refractivity contribution >= 4 is 11.8 Å². The fourth-order valence-corrected chi connectivity index (χ4v) is 3.44. The van der Waals surface area contributed by atoms with Crippen molar-refractivity contribution in [3.63, 3.8) is 0 Å². The maximum atomic E-state index is 12.8. The molecule has 0 radical (unpaired) electrons. The molecular formula is C17H22N2O2. The minimum Gasteiger partial charge on any atom is -0.340 e. The van der Waals surface area contributed by atoms with E-state index in [4.69, 9.17) is 0 Å². The van der Waals surface area contributed by atoms with Crippen LogP contribution in [0.15, 0.2) is 30.3 Å². The molecule has 3 rings (SSSR count). The maximum Gasteiger partial charge on any atom is 0.249 e. The topological polar surface area (TPSA) is 49.4 Å². The van der Waals surface area contributed by atoms with Gasteiger partial charge in [0.05, 0.1) is 6.54 Å². The number of benzene rings is 1. The number of amides is 2. The molecule has 4 nitrogen and oxygen atoms in total. The molecule has 1 aromatic carbocycles. The van der Waals surface area contributed by atoms with Gasteiger partial charge in [-0.05, 0) is 24.8 Å². The summed E-state index contributed by atoms with van der Waals surface area (Å²) in [5, 5.41) is 2.92. The van der Waals surface area contributed by atoms with Crippen molar-refractivity contribution in [2.75, 3.05) is 6.54 Å². The van der Waals surface area contributed by atoms with Crippen molar-refractivity contribution in [2.24, 2.45) is 0 Å². The summed E-state index contributed by atoms with van der Waals surface area (Å²) < 4.78 is 0. The van der Waals surface area contributed by atoms with Crippen LogP contribution in [0.3, 0.4) is 0 Å². The van der Waals surface area contributed by atoms with Crippen molar-refractivity contribution < 1.29 is 9.59 Å². The van der Waals surface area contributed by atoms with Crippen LogP contribution in [0.5, 0.6) is 0 Å². The first-order chi connectivity index (χ1) is 10.1. The molecule has 2 fully saturated rings. The summed E-state index contributed by atoms with van der Waals surface area (Å²) >= 11 is 0. The quantitative estimate of drug-likeness (QED) is 0.921. The number of nitrogens with one attached hydrogen (secondary N) is 1. The van der Waals surface area contributed by atoms with Crippen LogP contribution in [0.4, 0.5) is 0 Å². The third kappa shape index (κ3) is 2.33. The van der Waals surface area contributed by atoms with Gasteiger partial charge in [-0.25, -0.2) is 0 Å². The van der Waals surface area contributed by atoms with Gasteiger partial charge in [-0.2, -0.15) is 0 Å². The van der Waals surface area contributed by atoms with Crippen LogP contribution >= 0.6 is 0 Å². The van der Waals surface area contributed by atoms with Crippen LogP contribution in [0.1, 0.15) is 44.6 Å². The highest BCUT2D eigenvalue weighted by Gasteiger charge is 2.52. The molecule has 1 saturated heterocycles. The molecule has 1 N–H and O–H groups in total. The van der Waals surface area contributed by atoms with Crippen molar-refractivity contribution in [1.29, 1.82) is 0 Å². The molecule has 1 saturated carbocycles. The molecule has 1 heterocycles. The number of piperazine rings is 1. The zero-order valence-corrected chi connectivity index (χ0v) is 12.6. The number of carbonyl (C=O) groups excluding carboxylic acids is 2. The third-order valence-electron chi connectivity index (χ3n) is 4.95. The molecule has 2 aliphatic rings. The molecule has 0 aromatic heterocycles. The summed E-state index contributed by atoms with van der Waals surface area (Å²) in [4.78, 5) is 26.7. The van der Waals surface area contributed by atoms with E-state index < -0.39 is 5.54 Å². The summed E-state index contributed by atoms with van der Waals surface area (Å²) in [6.07, 6.45) is 2.26. The molecule has 4 heteroatoms. The first kappa shape index (κ1) is 14.1. The van der Waals surface area contributed by atoms with Crippen molar-refractivity contribution in [2.45, 2.75) is 50.6 Å². The van der Waals surface area contributed by atoms with Gasteiger partial charge < -0.3 is 10.2 Å². The second-order valence-electron chi connectivity index (χ2n) is 6.09. The van der Waals surface area contributed by atoms with Crippen LogP contribution in [0, 0.1) is 0 Å². The number of nitrogens with zero attached hydrogens (tertiary/aromatic N) is 1. The van der Waals surface area contributed by atoms with Crippen LogP contribution in [0.2, 0.25) is 0 Å². The fraction of sp³-hybridized carbons (Fsp3) is 0.529. The minimum atomic E-state index is -0.695. The summed E-state index contributed by atoms with van der Waals surface area (Å²) in [5.41, 5.74) is 0.568. The summed E-state index contributed by atoms with van der Waals surface area (Å²) in [7, 11) is 0. The summed E-state index contributed by atoms with van der Waals surface area (Å²) in [5.74, 6) is 0.444. The van der Waals surface area contributed by atoms with Gasteiger partial charge in [0.25, 0.3) is 0 Å². The first-order valence-electron chi connectivity index (χ1n) is 7.78. The van der Waals surface area contributed by atoms with Crippen LogP contribution in [-0.4, -0.2) is 34.8 Å². The minimum absolute atomic E-state index is 0.0305. The van der Waals surface area contributed by atoms with Crippen molar-refractivity contribution in [1.82, 2.24) is 10.2 Å². The number of hydrogen-bond donors (Lipinski definition) is 1. The Morgan fingerprint density at radius 1 is 1.19 bits per heavy atom. The van der Waals surface area contributed by atoms with E-state index >= 15 is 0 Å². The second kappa shape index (κ2) is 5.17. The molecule has 2 amide bonds. The van der Waals surface area contributed by atoms with E-state index in [-0.39, 0.29) is 24.4 Å². The highest BCUT2D eigenvalue weighted by Crippen LogP contribution is 2.46. The Bertz CT molecular complexity index is 551. The lowest BCUT2D eigenvalue weighted by Gasteiger charge is -2.41. The Labute approximate surface area is 125 Å². The molecule has 2 atom stereocenters. The Morgan fingerprint density at radius 2 is 1.86 bits per heavy atom. The second-order valence-corrected chi connectivity index (χ2v) is 6.09. The highest BCUT2D eigenvalue weighted by atomic mass is 16.2. The van der Waals surface area contributed by atoms with Gasteiger partial charge in [-0.3, -0.25) is 9.59 Å². The Balaban J connectivity index is 1.80. The smallest absolute Gasteiger partial charge is 0.249 e. The van der Waals surface area contributed by atoms with Crippen molar-refractivity contribution in [3.05, 3.63) is 35.9 Å². The van der Waals surface area contributed by atoms with E-state index in [1.165, 1.54) is 5.56 Å². The molecule has 112 valence electrons. The van der Waals surface area contributed by atoms with Crippen LogP contribution in [-0.2, 0) is 9.59 Å². The predicted octanol–water partition coefficient (Wildman–Crippen LogP) is 2.06. The fourth-order valence-electron chi connectivity index (χ4n) is 3.44. The average Bonchev–Trinajstić information content (AvgIpc) is 3.30. The largest absolute Gasteiger partial charge is 0.340 e. The molecule has 0 spiro atoms. The number of carbonyl (C=O) groups is 2. The van der Waals surface area contributed by atoms with Gasteiger partial charge in [-0.1, -0.05) is 44.2 Å².